The second-order valence-electron chi connectivity index (χ2n) is 13.0. The van der Waals surface area contributed by atoms with Crippen molar-refractivity contribution in [2.75, 3.05) is 11.1 Å². The summed E-state index contributed by atoms with van der Waals surface area (Å²) in [6.07, 6.45) is -0.619. The molecule has 0 aromatic heterocycles. The van der Waals surface area contributed by atoms with Crippen molar-refractivity contribution in [3.05, 3.63) is 179 Å². The average Bonchev–Trinajstić information content (AvgIpc) is 3.23. The van der Waals surface area contributed by atoms with Crippen LogP contribution in [-0.4, -0.2) is 34.1 Å². The van der Waals surface area contributed by atoms with E-state index in [0.29, 0.717) is 35.1 Å². The molecule has 3 unspecified atom stereocenters. The summed E-state index contributed by atoms with van der Waals surface area (Å²) in [6.45, 7) is 0.280. The molecule has 0 aliphatic carbocycles. The molecule has 1 fully saturated rings. The zero-order valence-electron chi connectivity index (χ0n) is 29.8. The summed E-state index contributed by atoms with van der Waals surface area (Å²) in [5.74, 6) is 0.978. The van der Waals surface area contributed by atoms with Crippen LogP contribution in [0.1, 0.15) is 51.4 Å². The largest absolute Gasteiger partial charge is 0.478 e. The van der Waals surface area contributed by atoms with Crippen LogP contribution >= 0.6 is 11.8 Å². The van der Waals surface area contributed by atoms with Gasteiger partial charge in [-0.05, 0) is 88.5 Å². The Morgan fingerprint density at radius 1 is 0.709 bits per heavy atom. The zero-order chi connectivity index (χ0) is 38.0. The van der Waals surface area contributed by atoms with Gasteiger partial charge in [-0.3, -0.25) is 0 Å². The molecule has 2 amide bonds. The molecule has 1 aliphatic heterocycles. The van der Waals surface area contributed by atoms with E-state index in [2.05, 4.69) is 16.7 Å². The van der Waals surface area contributed by atoms with Gasteiger partial charge in [0.2, 0.25) is 0 Å². The maximum Gasteiger partial charge on any atom is 0.336 e. The van der Waals surface area contributed by atoms with Gasteiger partial charge in [0.15, 0.2) is 6.29 Å². The quantitative estimate of drug-likeness (QED) is 0.0860. The number of benzene rings is 6. The minimum Gasteiger partial charge on any atom is -0.478 e. The van der Waals surface area contributed by atoms with Gasteiger partial charge in [-0.2, -0.15) is 0 Å². The number of amides is 2. The molecule has 6 aromatic rings. The van der Waals surface area contributed by atoms with Gasteiger partial charge in [-0.1, -0.05) is 91.0 Å². The highest BCUT2D eigenvalue weighted by atomic mass is 32.2. The van der Waals surface area contributed by atoms with E-state index in [-0.39, 0.29) is 30.4 Å². The summed E-state index contributed by atoms with van der Waals surface area (Å²) >= 11 is 1.46. The molecule has 0 saturated carbocycles. The summed E-state index contributed by atoms with van der Waals surface area (Å²) in [6, 6.07) is 47.1. The smallest absolute Gasteiger partial charge is 0.336 e. The van der Waals surface area contributed by atoms with Crippen molar-refractivity contribution < 1.29 is 34.0 Å². The standard InChI is InChI=1S/C45H40N2O7S/c48-28-30-16-18-32(19-17-30)41-26-39(29-55-42-15-5-4-14-40(42)43(49)50)53-44(54-41)35-11-7-10-34(25-35)33-9-6-8-31(24-33)27-46-45(51)47-36-20-22-38(23-21-36)52-37-12-2-1-3-13-37/h1-25,39,41,44,48H,26-29H2,(H,49,50)(H2,46,47,51). The van der Waals surface area contributed by atoms with Crippen LogP contribution in [0.2, 0.25) is 0 Å². The Morgan fingerprint density at radius 2 is 1.42 bits per heavy atom. The van der Waals surface area contributed by atoms with Gasteiger partial charge in [0.1, 0.15) is 11.5 Å². The van der Waals surface area contributed by atoms with Gasteiger partial charge in [-0.15, -0.1) is 11.8 Å². The molecule has 3 atom stereocenters. The van der Waals surface area contributed by atoms with Crippen LogP contribution in [0.3, 0.4) is 0 Å². The van der Waals surface area contributed by atoms with Crippen molar-refractivity contribution in [1.82, 2.24) is 5.32 Å². The molecule has 55 heavy (non-hydrogen) atoms. The van der Waals surface area contributed by atoms with E-state index in [1.807, 2.05) is 109 Å². The van der Waals surface area contributed by atoms with Gasteiger partial charge in [-0.25, -0.2) is 9.59 Å². The second-order valence-corrected chi connectivity index (χ2v) is 14.1. The fraction of sp³-hybridized carbons (Fsp3) is 0.156. The van der Waals surface area contributed by atoms with E-state index < -0.39 is 12.3 Å². The lowest BCUT2D eigenvalue weighted by Crippen LogP contribution is -2.31. The van der Waals surface area contributed by atoms with Crippen LogP contribution in [0.25, 0.3) is 11.1 Å². The van der Waals surface area contributed by atoms with Crippen molar-refractivity contribution in [2.45, 2.75) is 43.0 Å². The Bertz CT molecular complexity index is 2210. The summed E-state index contributed by atoms with van der Waals surface area (Å²) in [5.41, 5.74) is 6.41. The van der Waals surface area contributed by atoms with Crippen LogP contribution < -0.4 is 15.4 Å². The molecule has 1 heterocycles. The van der Waals surface area contributed by atoms with Crippen molar-refractivity contribution in [3.63, 3.8) is 0 Å². The lowest BCUT2D eigenvalue weighted by Gasteiger charge is -2.36. The molecule has 1 aliphatic rings. The molecule has 278 valence electrons. The normalized spacial score (nSPS) is 16.6. The lowest BCUT2D eigenvalue weighted by molar-refractivity contribution is -0.245. The highest BCUT2D eigenvalue weighted by Crippen LogP contribution is 2.40. The number of hydrogen-bond donors (Lipinski definition) is 4. The topological polar surface area (TPSA) is 126 Å². The number of carbonyl (C=O) groups is 2. The molecule has 0 bridgehead atoms. The minimum atomic E-state index is -0.966. The van der Waals surface area contributed by atoms with Gasteiger partial charge < -0.3 is 35.1 Å². The molecule has 0 radical (unpaired) electrons. The number of para-hydroxylation sites is 1. The highest BCUT2D eigenvalue weighted by Gasteiger charge is 2.32. The number of hydrogen-bond acceptors (Lipinski definition) is 7. The predicted molar refractivity (Wildman–Crippen MR) is 213 cm³/mol. The van der Waals surface area contributed by atoms with Crippen LogP contribution in [0.4, 0.5) is 10.5 Å². The van der Waals surface area contributed by atoms with Gasteiger partial charge >= 0.3 is 12.0 Å². The number of carboxylic acid groups (broad SMARTS) is 1. The van der Waals surface area contributed by atoms with E-state index in [0.717, 1.165) is 39.1 Å². The number of aliphatic hydroxyl groups is 1. The fourth-order valence-electron chi connectivity index (χ4n) is 6.29. The maximum atomic E-state index is 12.8. The Hall–Kier alpha value is -5.91. The summed E-state index contributed by atoms with van der Waals surface area (Å²) in [7, 11) is 0. The molecule has 9 nitrogen and oxygen atoms in total. The third kappa shape index (κ3) is 10.00. The lowest BCUT2D eigenvalue weighted by atomic mass is 9.99. The second kappa shape index (κ2) is 17.9. The van der Waals surface area contributed by atoms with E-state index >= 15 is 0 Å². The minimum absolute atomic E-state index is 0.0441. The molecule has 0 spiro atoms. The number of anilines is 1. The number of urea groups is 1. The zero-order valence-corrected chi connectivity index (χ0v) is 30.7. The first-order valence-corrected chi connectivity index (χ1v) is 18.9. The number of carbonyl (C=O) groups excluding carboxylic acids is 1. The molecule has 1 saturated heterocycles. The summed E-state index contributed by atoms with van der Waals surface area (Å²) < 4.78 is 19.0. The number of nitrogens with one attached hydrogen (secondary N) is 2. The molecular formula is C45H40N2O7S. The molecular weight excluding hydrogens is 713 g/mol. The fourth-order valence-corrected chi connectivity index (χ4v) is 7.35. The number of carboxylic acids is 1. The highest BCUT2D eigenvalue weighted by molar-refractivity contribution is 7.99. The number of aliphatic hydroxyl groups excluding tert-OH is 1. The maximum absolute atomic E-state index is 12.8. The number of thioether (sulfide) groups is 1. The molecule has 7 rings (SSSR count). The van der Waals surface area contributed by atoms with Crippen molar-refractivity contribution in [1.29, 1.82) is 0 Å². The van der Waals surface area contributed by atoms with Crippen molar-refractivity contribution >= 4 is 29.4 Å². The van der Waals surface area contributed by atoms with E-state index in [4.69, 9.17) is 14.2 Å². The molecule has 10 heteroatoms. The first-order valence-electron chi connectivity index (χ1n) is 17.9. The van der Waals surface area contributed by atoms with Gasteiger partial charge in [0.05, 0.1) is 24.4 Å². The Morgan fingerprint density at radius 3 is 2.18 bits per heavy atom. The van der Waals surface area contributed by atoms with E-state index in [1.165, 1.54) is 11.8 Å². The van der Waals surface area contributed by atoms with Gasteiger partial charge in [0.25, 0.3) is 0 Å². The first-order chi connectivity index (χ1) is 26.9. The molecule has 4 N–H and O–H groups in total. The Kier molecular flexibility index (Phi) is 12.2. The SMILES string of the molecule is O=C(NCc1cccc(-c2cccc(C3OC(CSc4ccccc4C(=O)O)CC(c4ccc(CO)cc4)O3)c2)c1)Nc1ccc(Oc2ccccc2)cc1. The van der Waals surface area contributed by atoms with Crippen LogP contribution in [0, 0.1) is 0 Å². The van der Waals surface area contributed by atoms with E-state index in [9.17, 15) is 19.8 Å². The first kappa shape index (κ1) is 37.4. The van der Waals surface area contributed by atoms with Gasteiger partial charge in [0, 0.05) is 34.9 Å². The van der Waals surface area contributed by atoms with Crippen LogP contribution in [0.5, 0.6) is 11.5 Å². The number of ether oxygens (including phenoxy) is 3. The van der Waals surface area contributed by atoms with Crippen LogP contribution in [-0.2, 0) is 22.6 Å². The number of aromatic carboxylic acids is 1. The van der Waals surface area contributed by atoms with Crippen molar-refractivity contribution in [3.8, 4) is 22.6 Å². The summed E-state index contributed by atoms with van der Waals surface area (Å²) in [4.78, 5) is 25.3. The average molecular weight is 753 g/mol. The third-order valence-electron chi connectivity index (χ3n) is 9.12. The van der Waals surface area contributed by atoms with E-state index in [1.54, 1.807) is 36.4 Å². The number of rotatable bonds is 13. The molecule has 6 aromatic carbocycles. The predicted octanol–water partition coefficient (Wildman–Crippen LogP) is 10.00. The monoisotopic (exact) mass is 752 g/mol. The van der Waals surface area contributed by atoms with Crippen molar-refractivity contribution in [2.24, 2.45) is 0 Å². The Balaban J connectivity index is 1.01. The summed E-state index contributed by atoms with van der Waals surface area (Å²) in [5, 5.41) is 25.1. The Labute approximate surface area is 323 Å². The van der Waals surface area contributed by atoms with Crippen LogP contribution in [0.15, 0.2) is 157 Å². The third-order valence-corrected chi connectivity index (χ3v) is 10.3.